The molecule has 0 bridgehead atoms. The Balaban J connectivity index is 1.62. The Morgan fingerprint density at radius 3 is 2.68 bits per heavy atom. The van der Waals surface area contributed by atoms with E-state index in [1.807, 2.05) is 29.8 Å². The minimum absolute atomic E-state index is 0.202. The summed E-state index contributed by atoms with van der Waals surface area (Å²) in [7, 11) is 0. The topological polar surface area (TPSA) is 90.5 Å². The van der Waals surface area contributed by atoms with Gasteiger partial charge in [0.25, 0.3) is 5.91 Å². The van der Waals surface area contributed by atoms with Crippen molar-refractivity contribution in [3.63, 3.8) is 0 Å². The SMILES string of the molecule is Cc1nn(C(C)(C)C)c2nc(C3CC3)cc(C(=O)Nc3cccnc3-n3cccn3)c12. The summed E-state index contributed by atoms with van der Waals surface area (Å²) in [5.74, 6) is 0.778. The first kappa shape index (κ1) is 19.4. The number of hydrogen-bond acceptors (Lipinski definition) is 5. The number of anilines is 1. The summed E-state index contributed by atoms with van der Waals surface area (Å²) >= 11 is 0. The van der Waals surface area contributed by atoms with Crippen molar-refractivity contribution in [1.29, 1.82) is 0 Å². The van der Waals surface area contributed by atoms with E-state index in [1.54, 1.807) is 29.3 Å². The highest BCUT2D eigenvalue weighted by Crippen LogP contribution is 2.41. The molecule has 4 aromatic rings. The number of carbonyl (C=O) groups excluding carboxylic acids is 1. The molecule has 8 nitrogen and oxygen atoms in total. The van der Waals surface area contributed by atoms with Crippen molar-refractivity contribution < 1.29 is 4.79 Å². The lowest BCUT2D eigenvalue weighted by Gasteiger charge is -2.20. The van der Waals surface area contributed by atoms with Crippen molar-refractivity contribution >= 4 is 22.6 Å². The molecule has 8 heteroatoms. The Morgan fingerprint density at radius 2 is 2.00 bits per heavy atom. The maximum absolute atomic E-state index is 13.5. The van der Waals surface area contributed by atoms with Crippen LogP contribution in [-0.2, 0) is 5.54 Å². The highest BCUT2D eigenvalue weighted by atomic mass is 16.1. The second-order valence-electron chi connectivity index (χ2n) is 9.01. The van der Waals surface area contributed by atoms with E-state index in [4.69, 9.17) is 10.1 Å². The van der Waals surface area contributed by atoms with Crippen LogP contribution in [0.5, 0.6) is 0 Å². The van der Waals surface area contributed by atoms with E-state index < -0.39 is 0 Å². The number of hydrogen-bond donors (Lipinski definition) is 1. The summed E-state index contributed by atoms with van der Waals surface area (Å²) in [6, 6.07) is 7.37. The average Bonchev–Trinajstić information content (AvgIpc) is 3.33. The van der Waals surface area contributed by atoms with Crippen molar-refractivity contribution in [2.24, 2.45) is 0 Å². The van der Waals surface area contributed by atoms with Crippen LogP contribution in [0.25, 0.3) is 16.9 Å². The predicted molar refractivity (Wildman–Crippen MR) is 119 cm³/mol. The number of fused-ring (bicyclic) bond motifs is 1. The molecule has 0 spiro atoms. The van der Waals surface area contributed by atoms with E-state index in [0.717, 1.165) is 35.3 Å². The molecule has 1 saturated carbocycles. The zero-order valence-electron chi connectivity index (χ0n) is 18.1. The monoisotopic (exact) mass is 415 g/mol. The minimum Gasteiger partial charge on any atom is -0.319 e. The summed E-state index contributed by atoms with van der Waals surface area (Å²) in [5, 5.41) is 12.8. The van der Waals surface area contributed by atoms with Crippen LogP contribution in [0, 0.1) is 6.92 Å². The molecule has 4 aromatic heterocycles. The fraction of sp³-hybridized carbons (Fsp3) is 0.348. The van der Waals surface area contributed by atoms with Gasteiger partial charge in [-0.2, -0.15) is 10.2 Å². The first-order valence-electron chi connectivity index (χ1n) is 10.5. The average molecular weight is 416 g/mol. The molecule has 0 radical (unpaired) electrons. The van der Waals surface area contributed by atoms with Crippen LogP contribution in [-0.4, -0.2) is 35.4 Å². The standard InChI is InChI=1S/C23H25N7O/c1-14-19-16(13-18(15-8-9-15)26-21(19)30(28-14)23(2,3)4)22(31)27-17-7-5-10-24-20(17)29-12-6-11-25-29/h5-7,10-13,15H,8-9H2,1-4H3,(H,27,31). The smallest absolute Gasteiger partial charge is 0.256 e. The molecule has 0 aliphatic heterocycles. The van der Waals surface area contributed by atoms with E-state index in [9.17, 15) is 4.79 Å². The molecule has 31 heavy (non-hydrogen) atoms. The quantitative estimate of drug-likeness (QED) is 0.539. The zero-order chi connectivity index (χ0) is 21.8. The molecule has 1 amide bonds. The van der Waals surface area contributed by atoms with Gasteiger partial charge in [0.1, 0.15) is 0 Å². The van der Waals surface area contributed by atoms with E-state index in [-0.39, 0.29) is 11.4 Å². The fourth-order valence-electron chi connectivity index (χ4n) is 3.80. The van der Waals surface area contributed by atoms with Gasteiger partial charge in [-0.3, -0.25) is 4.79 Å². The van der Waals surface area contributed by atoms with Gasteiger partial charge in [0.2, 0.25) is 0 Å². The summed E-state index contributed by atoms with van der Waals surface area (Å²) < 4.78 is 3.57. The number of pyridine rings is 2. The maximum atomic E-state index is 13.5. The second kappa shape index (κ2) is 7.01. The van der Waals surface area contributed by atoms with Crippen LogP contribution in [0.15, 0.2) is 42.9 Å². The Bertz CT molecular complexity index is 1280. The van der Waals surface area contributed by atoms with Crippen molar-refractivity contribution in [3.05, 3.63) is 59.8 Å². The molecule has 5 rings (SSSR count). The highest BCUT2D eigenvalue weighted by molar-refractivity contribution is 6.13. The lowest BCUT2D eigenvalue weighted by atomic mass is 10.1. The summed E-state index contributed by atoms with van der Waals surface area (Å²) in [5.41, 5.74) is 3.46. The number of nitrogens with one attached hydrogen (secondary N) is 1. The Hall–Kier alpha value is -3.55. The van der Waals surface area contributed by atoms with Gasteiger partial charge < -0.3 is 5.32 Å². The van der Waals surface area contributed by atoms with Gasteiger partial charge in [0, 0.05) is 30.2 Å². The van der Waals surface area contributed by atoms with Gasteiger partial charge in [-0.1, -0.05) is 0 Å². The van der Waals surface area contributed by atoms with Crippen LogP contribution in [0.3, 0.4) is 0 Å². The fourth-order valence-corrected chi connectivity index (χ4v) is 3.80. The highest BCUT2D eigenvalue weighted by Gasteiger charge is 2.30. The third kappa shape index (κ3) is 3.48. The first-order chi connectivity index (χ1) is 14.8. The van der Waals surface area contributed by atoms with Gasteiger partial charge >= 0.3 is 0 Å². The molecule has 1 fully saturated rings. The molecule has 1 aliphatic carbocycles. The predicted octanol–water partition coefficient (Wildman–Crippen LogP) is 4.21. The van der Waals surface area contributed by atoms with Crippen LogP contribution < -0.4 is 5.32 Å². The van der Waals surface area contributed by atoms with E-state index in [2.05, 4.69) is 36.2 Å². The number of carbonyl (C=O) groups is 1. The number of nitrogens with zero attached hydrogens (tertiary/aromatic N) is 6. The van der Waals surface area contributed by atoms with Gasteiger partial charge in [-0.25, -0.2) is 19.3 Å². The third-order valence-corrected chi connectivity index (χ3v) is 5.46. The molecule has 1 aliphatic rings. The normalized spacial score (nSPS) is 14.2. The van der Waals surface area contributed by atoms with Gasteiger partial charge in [-0.05, 0) is 64.8 Å². The van der Waals surface area contributed by atoms with Crippen LogP contribution >= 0.6 is 0 Å². The Kier molecular flexibility index (Phi) is 4.39. The zero-order valence-corrected chi connectivity index (χ0v) is 18.1. The molecule has 0 unspecified atom stereocenters. The molecular weight excluding hydrogens is 390 g/mol. The van der Waals surface area contributed by atoms with Crippen LogP contribution in [0.1, 0.15) is 61.3 Å². The van der Waals surface area contributed by atoms with Gasteiger partial charge in [0.05, 0.1) is 27.9 Å². The summed E-state index contributed by atoms with van der Waals surface area (Å²) in [6.07, 6.45) is 7.37. The second-order valence-corrected chi connectivity index (χ2v) is 9.01. The van der Waals surface area contributed by atoms with E-state index >= 15 is 0 Å². The molecule has 0 atom stereocenters. The number of aryl methyl sites for hydroxylation is 1. The van der Waals surface area contributed by atoms with Crippen LogP contribution in [0.2, 0.25) is 0 Å². The van der Waals surface area contributed by atoms with Crippen molar-refractivity contribution in [1.82, 2.24) is 29.5 Å². The number of aromatic nitrogens is 6. The van der Waals surface area contributed by atoms with Crippen molar-refractivity contribution in [2.45, 2.75) is 52.0 Å². The minimum atomic E-state index is -0.244. The molecular formula is C23H25N7O. The Morgan fingerprint density at radius 1 is 1.19 bits per heavy atom. The van der Waals surface area contributed by atoms with E-state index in [0.29, 0.717) is 23.0 Å². The molecule has 0 saturated heterocycles. The van der Waals surface area contributed by atoms with E-state index in [1.165, 1.54) is 0 Å². The Labute approximate surface area is 180 Å². The number of rotatable bonds is 4. The first-order valence-corrected chi connectivity index (χ1v) is 10.5. The molecule has 4 heterocycles. The molecule has 158 valence electrons. The summed E-state index contributed by atoms with van der Waals surface area (Å²) in [6.45, 7) is 8.21. The third-order valence-electron chi connectivity index (χ3n) is 5.46. The summed E-state index contributed by atoms with van der Waals surface area (Å²) in [4.78, 5) is 22.8. The lowest BCUT2D eigenvalue weighted by Crippen LogP contribution is -2.24. The van der Waals surface area contributed by atoms with Crippen molar-refractivity contribution in [2.75, 3.05) is 5.32 Å². The van der Waals surface area contributed by atoms with Crippen molar-refractivity contribution in [3.8, 4) is 5.82 Å². The lowest BCUT2D eigenvalue weighted by molar-refractivity contribution is 0.102. The van der Waals surface area contributed by atoms with Gasteiger partial charge in [-0.15, -0.1) is 0 Å². The largest absolute Gasteiger partial charge is 0.319 e. The van der Waals surface area contributed by atoms with Gasteiger partial charge in [0.15, 0.2) is 11.5 Å². The maximum Gasteiger partial charge on any atom is 0.256 e. The molecule has 0 aromatic carbocycles. The molecule has 1 N–H and O–H groups in total. The van der Waals surface area contributed by atoms with Crippen LogP contribution in [0.4, 0.5) is 5.69 Å². The number of amides is 1.